The lowest BCUT2D eigenvalue weighted by atomic mass is 9.94. The normalized spacial score (nSPS) is 22.7. The largest absolute Gasteiger partial charge is 0.348 e. The van der Waals surface area contributed by atoms with Crippen LogP contribution in [0.15, 0.2) is 24.3 Å². The van der Waals surface area contributed by atoms with Crippen LogP contribution in [-0.4, -0.2) is 52.7 Å². The average Bonchev–Trinajstić information content (AvgIpc) is 3.42. The molecular weight excluding hydrogens is 373 g/mol. The van der Waals surface area contributed by atoms with Gasteiger partial charge in [0, 0.05) is 17.8 Å². The van der Waals surface area contributed by atoms with Crippen molar-refractivity contribution in [2.24, 2.45) is 0 Å². The third kappa shape index (κ3) is 3.46. The quantitative estimate of drug-likeness (QED) is 0.795. The van der Waals surface area contributed by atoms with Gasteiger partial charge in [0.05, 0.1) is 24.9 Å². The van der Waals surface area contributed by atoms with Crippen molar-refractivity contribution in [3.8, 4) is 5.69 Å². The molecule has 154 valence electrons. The van der Waals surface area contributed by atoms with Gasteiger partial charge in [-0.2, -0.15) is 5.10 Å². The molecule has 1 aromatic heterocycles. The Kier molecular flexibility index (Phi) is 5.09. The van der Waals surface area contributed by atoms with Crippen LogP contribution in [0.25, 0.3) is 5.69 Å². The van der Waals surface area contributed by atoms with Crippen LogP contribution >= 0.6 is 0 Å². The average molecular weight is 399 g/mol. The van der Waals surface area contributed by atoms with Crippen molar-refractivity contribution in [2.75, 3.05) is 19.8 Å². The van der Waals surface area contributed by atoms with Crippen LogP contribution in [0.2, 0.25) is 0 Å². The van der Waals surface area contributed by atoms with Crippen molar-refractivity contribution in [1.29, 1.82) is 0 Å². The van der Waals surface area contributed by atoms with Crippen LogP contribution in [0.1, 0.15) is 53.8 Å². The van der Waals surface area contributed by atoms with E-state index in [2.05, 4.69) is 0 Å². The maximum atomic E-state index is 13.6. The van der Waals surface area contributed by atoms with Gasteiger partial charge in [-0.1, -0.05) is 0 Å². The van der Waals surface area contributed by atoms with E-state index in [9.17, 15) is 9.18 Å². The van der Waals surface area contributed by atoms with E-state index in [1.165, 1.54) is 12.1 Å². The minimum absolute atomic E-state index is 0.0344. The second-order valence-electron chi connectivity index (χ2n) is 8.04. The molecule has 1 aliphatic carbocycles. The predicted octanol–water partition coefficient (Wildman–Crippen LogP) is 3.26. The molecule has 2 aliphatic heterocycles. The number of hydrogen-bond donors (Lipinski definition) is 0. The zero-order valence-electron chi connectivity index (χ0n) is 16.5. The van der Waals surface area contributed by atoms with Crippen molar-refractivity contribution in [3.05, 3.63) is 47.0 Å². The Morgan fingerprint density at radius 3 is 2.59 bits per heavy atom. The van der Waals surface area contributed by atoms with E-state index < -0.39 is 0 Å². The lowest BCUT2D eigenvalue weighted by Crippen LogP contribution is -2.50. The Morgan fingerprint density at radius 2 is 1.79 bits per heavy atom. The SMILES string of the molecule is O=C(c1nn(-c2ccc(F)cc2)c2c1CCCC2)N1CCCCC1C1OCCO1. The number of carbonyl (C=O) groups is 1. The van der Waals surface area contributed by atoms with Crippen LogP contribution in [0.5, 0.6) is 0 Å². The first-order valence-corrected chi connectivity index (χ1v) is 10.6. The zero-order valence-corrected chi connectivity index (χ0v) is 16.5. The summed E-state index contributed by atoms with van der Waals surface area (Å²) < 4.78 is 26.7. The first kappa shape index (κ1) is 18.8. The summed E-state index contributed by atoms with van der Waals surface area (Å²) >= 11 is 0. The second-order valence-corrected chi connectivity index (χ2v) is 8.04. The minimum Gasteiger partial charge on any atom is -0.348 e. The number of amides is 1. The highest BCUT2D eigenvalue weighted by molar-refractivity contribution is 5.94. The number of nitrogens with zero attached hydrogens (tertiary/aromatic N) is 3. The Morgan fingerprint density at radius 1 is 1.03 bits per heavy atom. The molecule has 6 nitrogen and oxygen atoms in total. The molecule has 0 bridgehead atoms. The summed E-state index contributed by atoms with van der Waals surface area (Å²) in [5.41, 5.74) is 3.45. The molecule has 7 heteroatoms. The predicted molar refractivity (Wildman–Crippen MR) is 105 cm³/mol. The van der Waals surface area contributed by atoms with Crippen molar-refractivity contribution in [2.45, 2.75) is 57.3 Å². The number of rotatable bonds is 3. The van der Waals surface area contributed by atoms with E-state index in [4.69, 9.17) is 14.6 Å². The molecule has 1 aromatic carbocycles. The van der Waals surface area contributed by atoms with Gasteiger partial charge in [-0.15, -0.1) is 0 Å². The van der Waals surface area contributed by atoms with Gasteiger partial charge in [0.2, 0.25) is 0 Å². The molecule has 29 heavy (non-hydrogen) atoms. The number of piperidine rings is 1. The molecule has 0 radical (unpaired) electrons. The monoisotopic (exact) mass is 399 g/mol. The maximum absolute atomic E-state index is 13.6. The van der Waals surface area contributed by atoms with Gasteiger partial charge in [-0.25, -0.2) is 9.07 Å². The number of ether oxygens (including phenoxy) is 2. The summed E-state index contributed by atoms with van der Waals surface area (Å²) in [5.74, 6) is -0.313. The molecule has 3 heterocycles. The summed E-state index contributed by atoms with van der Waals surface area (Å²) in [4.78, 5) is 15.5. The molecule has 1 amide bonds. The molecule has 1 atom stereocenters. The summed E-state index contributed by atoms with van der Waals surface area (Å²) in [6, 6.07) is 6.24. The molecule has 1 unspecified atom stereocenters. The first-order valence-electron chi connectivity index (χ1n) is 10.6. The smallest absolute Gasteiger partial charge is 0.275 e. The lowest BCUT2D eigenvalue weighted by molar-refractivity contribution is -0.100. The highest BCUT2D eigenvalue weighted by Gasteiger charge is 2.38. The molecule has 0 saturated carbocycles. The molecule has 2 aromatic rings. The highest BCUT2D eigenvalue weighted by atomic mass is 19.1. The molecule has 3 aliphatic rings. The second kappa shape index (κ2) is 7.88. The summed E-state index contributed by atoms with van der Waals surface area (Å²) in [6.07, 6.45) is 6.46. The van der Waals surface area contributed by atoms with Crippen molar-refractivity contribution in [1.82, 2.24) is 14.7 Å². The van der Waals surface area contributed by atoms with Crippen molar-refractivity contribution >= 4 is 5.91 Å². The number of likely N-dealkylation sites (tertiary alicyclic amines) is 1. The minimum atomic E-state index is -0.339. The van der Waals surface area contributed by atoms with Crippen LogP contribution in [0.3, 0.4) is 0 Å². The lowest BCUT2D eigenvalue weighted by Gasteiger charge is -2.37. The van der Waals surface area contributed by atoms with Gasteiger partial charge in [-0.3, -0.25) is 4.79 Å². The van der Waals surface area contributed by atoms with E-state index in [1.807, 2.05) is 9.58 Å². The maximum Gasteiger partial charge on any atom is 0.275 e. The first-order chi connectivity index (χ1) is 14.2. The Hall–Kier alpha value is -2.25. The third-order valence-corrected chi connectivity index (χ3v) is 6.23. The van der Waals surface area contributed by atoms with Gasteiger partial charge in [0.1, 0.15) is 5.82 Å². The third-order valence-electron chi connectivity index (χ3n) is 6.23. The number of halogens is 1. The van der Waals surface area contributed by atoms with E-state index in [0.29, 0.717) is 25.5 Å². The van der Waals surface area contributed by atoms with Crippen LogP contribution < -0.4 is 0 Å². The summed E-state index contributed by atoms with van der Waals surface area (Å²) in [5, 5.41) is 4.75. The number of hydrogen-bond acceptors (Lipinski definition) is 4. The standard InChI is InChI=1S/C22H26FN3O3/c23-15-8-10-16(11-9-15)26-18-6-2-1-5-17(18)20(24-26)21(27)25-12-4-3-7-19(25)22-28-13-14-29-22/h8-11,19,22H,1-7,12-14H2. The van der Waals surface area contributed by atoms with Gasteiger partial charge in [-0.05, 0) is 69.2 Å². The fourth-order valence-electron chi connectivity index (χ4n) is 4.79. The molecular formula is C22H26FN3O3. The topological polar surface area (TPSA) is 56.6 Å². The number of carbonyl (C=O) groups excluding carboxylic acids is 1. The van der Waals surface area contributed by atoms with Crippen LogP contribution in [0.4, 0.5) is 4.39 Å². The Labute approximate surface area is 169 Å². The van der Waals surface area contributed by atoms with E-state index >= 15 is 0 Å². The Bertz CT molecular complexity index is 889. The summed E-state index contributed by atoms with van der Waals surface area (Å²) in [7, 11) is 0. The molecule has 0 N–H and O–H groups in total. The fraction of sp³-hybridized carbons (Fsp3) is 0.545. The fourth-order valence-corrected chi connectivity index (χ4v) is 4.79. The van der Waals surface area contributed by atoms with E-state index in [0.717, 1.165) is 61.9 Å². The van der Waals surface area contributed by atoms with E-state index in [-0.39, 0.29) is 24.1 Å². The van der Waals surface area contributed by atoms with Crippen LogP contribution in [-0.2, 0) is 22.3 Å². The van der Waals surface area contributed by atoms with Crippen molar-refractivity contribution in [3.63, 3.8) is 0 Å². The molecule has 2 saturated heterocycles. The van der Waals surface area contributed by atoms with Crippen molar-refractivity contribution < 1.29 is 18.7 Å². The van der Waals surface area contributed by atoms with Gasteiger partial charge < -0.3 is 14.4 Å². The van der Waals surface area contributed by atoms with E-state index in [1.54, 1.807) is 12.1 Å². The van der Waals surface area contributed by atoms with Gasteiger partial charge in [0.15, 0.2) is 12.0 Å². The Balaban J connectivity index is 1.51. The molecule has 2 fully saturated rings. The molecule has 5 rings (SSSR count). The molecule has 0 spiro atoms. The van der Waals surface area contributed by atoms with Crippen LogP contribution in [0, 0.1) is 5.82 Å². The van der Waals surface area contributed by atoms with Gasteiger partial charge >= 0.3 is 0 Å². The zero-order chi connectivity index (χ0) is 19.8. The number of benzene rings is 1. The summed E-state index contributed by atoms with van der Waals surface area (Å²) in [6.45, 7) is 1.86. The highest BCUT2D eigenvalue weighted by Crippen LogP contribution is 2.31. The van der Waals surface area contributed by atoms with Gasteiger partial charge in [0.25, 0.3) is 5.91 Å². The number of aromatic nitrogens is 2. The number of fused-ring (bicyclic) bond motifs is 1.